The Morgan fingerprint density at radius 1 is 1.13 bits per heavy atom. The van der Waals surface area contributed by atoms with Crippen LogP contribution in [0.15, 0.2) is 52.9 Å². The topological polar surface area (TPSA) is 59.2 Å². The van der Waals surface area contributed by atoms with Crippen LogP contribution in [0.5, 0.6) is 0 Å². The summed E-state index contributed by atoms with van der Waals surface area (Å²) >= 11 is 1.53. The number of hydrogen-bond donors (Lipinski definition) is 0. The Labute approximate surface area is 183 Å². The Morgan fingerprint density at radius 3 is 2.61 bits per heavy atom. The summed E-state index contributed by atoms with van der Waals surface area (Å²) in [6, 6.07) is 14.1. The molecular weight excluding hydrogens is 413 g/mol. The maximum Gasteiger partial charge on any atom is 0.227 e. The van der Waals surface area contributed by atoms with Crippen LogP contribution in [0.3, 0.4) is 0 Å². The van der Waals surface area contributed by atoms with Gasteiger partial charge in [-0.1, -0.05) is 12.1 Å². The number of aryl methyl sites for hydroxylation is 1. The van der Waals surface area contributed by atoms with E-state index in [4.69, 9.17) is 4.42 Å². The molecular formula is C24H22FN3O2S. The number of para-hydroxylation sites is 2. The van der Waals surface area contributed by atoms with Crippen molar-refractivity contribution in [1.82, 2.24) is 14.9 Å². The molecule has 0 atom stereocenters. The summed E-state index contributed by atoms with van der Waals surface area (Å²) in [4.78, 5) is 25.1. The summed E-state index contributed by atoms with van der Waals surface area (Å²) in [7, 11) is 0. The van der Waals surface area contributed by atoms with Crippen molar-refractivity contribution >= 4 is 28.3 Å². The Hall–Kier alpha value is -3.06. The van der Waals surface area contributed by atoms with Crippen LogP contribution in [-0.4, -0.2) is 33.9 Å². The van der Waals surface area contributed by atoms with Gasteiger partial charge in [0, 0.05) is 29.4 Å². The van der Waals surface area contributed by atoms with E-state index in [1.165, 1.54) is 23.5 Å². The number of piperidine rings is 1. The number of amides is 1. The zero-order valence-electron chi connectivity index (χ0n) is 17.2. The number of hydrogen-bond acceptors (Lipinski definition) is 5. The van der Waals surface area contributed by atoms with Crippen LogP contribution < -0.4 is 0 Å². The third-order valence-electron chi connectivity index (χ3n) is 5.74. The second kappa shape index (κ2) is 8.23. The zero-order chi connectivity index (χ0) is 21.4. The summed E-state index contributed by atoms with van der Waals surface area (Å²) in [5.41, 5.74) is 3.30. The lowest BCUT2D eigenvalue weighted by atomic mass is 9.96. The van der Waals surface area contributed by atoms with Crippen molar-refractivity contribution in [3.05, 3.63) is 70.1 Å². The number of nitrogens with zero attached hydrogens (tertiary/aromatic N) is 3. The molecule has 0 unspecified atom stereocenters. The minimum absolute atomic E-state index is 0.100. The standard InChI is InChI=1S/C24H22FN3O2S/c1-15-26-23(16-6-8-18(25)9-7-16)21(31-15)14-22(29)28-12-10-17(11-13-28)24-27-19-4-2-3-5-20(19)30-24/h2-9,17H,10-14H2,1H3. The van der Waals surface area contributed by atoms with E-state index in [2.05, 4.69) is 9.97 Å². The third-order valence-corrected chi connectivity index (χ3v) is 6.71. The largest absolute Gasteiger partial charge is 0.440 e. The number of oxazole rings is 1. The molecule has 0 N–H and O–H groups in total. The highest BCUT2D eigenvalue weighted by molar-refractivity contribution is 7.12. The molecule has 158 valence electrons. The Bertz CT molecular complexity index is 1190. The number of carbonyl (C=O) groups excluding carboxylic acids is 1. The van der Waals surface area contributed by atoms with Crippen molar-refractivity contribution in [3.8, 4) is 11.3 Å². The van der Waals surface area contributed by atoms with Crippen molar-refractivity contribution in [2.75, 3.05) is 13.1 Å². The molecule has 1 saturated heterocycles. The number of likely N-dealkylation sites (tertiary alicyclic amines) is 1. The molecule has 5 nitrogen and oxygen atoms in total. The molecule has 0 saturated carbocycles. The summed E-state index contributed by atoms with van der Waals surface area (Å²) in [5, 5.41) is 0.900. The predicted octanol–water partition coefficient (Wildman–Crippen LogP) is 5.35. The van der Waals surface area contributed by atoms with Gasteiger partial charge in [0.25, 0.3) is 0 Å². The van der Waals surface area contributed by atoms with Gasteiger partial charge in [-0.3, -0.25) is 4.79 Å². The zero-order valence-corrected chi connectivity index (χ0v) is 18.0. The van der Waals surface area contributed by atoms with Crippen LogP contribution in [0, 0.1) is 12.7 Å². The first kappa shape index (κ1) is 19.9. The molecule has 1 aliphatic heterocycles. The molecule has 2 aromatic heterocycles. The van der Waals surface area contributed by atoms with E-state index in [0.29, 0.717) is 19.5 Å². The molecule has 4 aromatic rings. The SMILES string of the molecule is Cc1nc(-c2ccc(F)cc2)c(CC(=O)N2CCC(c3nc4ccccc4o3)CC2)s1. The third kappa shape index (κ3) is 4.10. The quantitative estimate of drug-likeness (QED) is 0.434. The lowest BCUT2D eigenvalue weighted by Crippen LogP contribution is -2.38. The van der Waals surface area contributed by atoms with Crippen molar-refractivity contribution in [2.45, 2.75) is 32.1 Å². The summed E-state index contributed by atoms with van der Waals surface area (Å²) in [5.74, 6) is 0.819. The number of aromatic nitrogens is 2. The normalized spacial score (nSPS) is 15.0. The summed E-state index contributed by atoms with van der Waals surface area (Å²) in [6.45, 7) is 3.30. The highest BCUT2D eigenvalue weighted by Gasteiger charge is 2.28. The Balaban J connectivity index is 1.26. The minimum atomic E-state index is -0.282. The number of thiazole rings is 1. The maximum absolute atomic E-state index is 13.3. The van der Waals surface area contributed by atoms with Crippen molar-refractivity contribution in [2.24, 2.45) is 0 Å². The summed E-state index contributed by atoms with van der Waals surface area (Å²) in [6.07, 6.45) is 1.99. The number of halogens is 1. The average Bonchev–Trinajstić information content (AvgIpc) is 3.37. The van der Waals surface area contributed by atoms with Gasteiger partial charge in [0.2, 0.25) is 5.91 Å². The van der Waals surface area contributed by atoms with E-state index in [-0.39, 0.29) is 17.6 Å². The lowest BCUT2D eigenvalue weighted by molar-refractivity contribution is -0.131. The van der Waals surface area contributed by atoms with Gasteiger partial charge in [-0.2, -0.15) is 0 Å². The first-order chi connectivity index (χ1) is 15.1. The molecule has 1 fully saturated rings. The molecule has 0 aliphatic carbocycles. The molecule has 31 heavy (non-hydrogen) atoms. The number of carbonyl (C=O) groups is 1. The van der Waals surface area contributed by atoms with Crippen LogP contribution >= 0.6 is 11.3 Å². The molecule has 3 heterocycles. The van der Waals surface area contributed by atoms with E-state index < -0.39 is 0 Å². The van der Waals surface area contributed by atoms with E-state index in [1.54, 1.807) is 12.1 Å². The molecule has 1 aliphatic rings. The fourth-order valence-corrected chi connectivity index (χ4v) is 5.06. The van der Waals surface area contributed by atoms with Gasteiger partial charge in [-0.05, 0) is 56.2 Å². The van der Waals surface area contributed by atoms with E-state index in [0.717, 1.165) is 51.0 Å². The fourth-order valence-electron chi connectivity index (χ4n) is 4.11. The van der Waals surface area contributed by atoms with Crippen LogP contribution in [0.4, 0.5) is 4.39 Å². The summed E-state index contributed by atoms with van der Waals surface area (Å²) < 4.78 is 19.2. The molecule has 2 aromatic carbocycles. The molecule has 1 amide bonds. The number of rotatable bonds is 4. The van der Waals surface area contributed by atoms with Crippen LogP contribution in [0.2, 0.25) is 0 Å². The van der Waals surface area contributed by atoms with Crippen molar-refractivity contribution < 1.29 is 13.6 Å². The first-order valence-electron chi connectivity index (χ1n) is 10.4. The maximum atomic E-state index is 13.3. The van der Waals surface area contributed by atoms with Gasteiger partial charge < -0.3 is 9.32 Å². The van der Waals surface area contributed by atoms with Crippen LogP contribution in [-0.2, 0) is 11.2 Å². The second-order valence-corrected chi connectivity index (χ2v) is 9.15. The second-order valence-electron chi connectivity index (χ2n) is 7.86. The van der Waals surface area contributed by atoms with E-state index in [9.17, 15) is 9.18 Å². The fraction of sp³-hybridized carbons (Fsp3) is 0.292. The average molecular weight is 436 g/mol. The Kier molecular flexibility index (Phi) is 5.28. The highest BCUT2D eigenvalue weighted by Crippen LogP contribution is 2.32. The first-order valence-corrected chi connectivity index (χ1v) is 11.2. The van der Waals surface area contributed by atoms with Crippen molar-refractivity contribution in [3.63, 3.8) is 0 Å². The smallest absolute Gasteiger partial charge is 0.227 e. The monoisotopic (exact) mass is 435 g/mol. The molecule has 0 bridgehead atoms. The minimum Gasteiger partial charge on any atom is -0.440 e. The van der Waals surface area contributed by atoms with E-state index in [1.807, 2.05) is 36.1 Å². The molecule has 0 spiro atoms. The Morgan fingerprint density at radius 2 is 1.87 bits per heavy atom. The number of fused-ring (bicyclic) bond motifs is 1. The van der Waals surface area contributed by atoms with Gasteiger partial charge in [0.1, 0.15) is 11.3 Å². The van der Waals surface area contributed by atoms with E-state index >= 15 is 0 Å². The lowest BCUT2D eigenvalue weighted by Gasteiger charge is -2.30. The van der Waals surface area contributed by atoms with Gasteiger partial charge in [0.05, 0.1) is 17.1 Å². The molecule has 5 rings (SSSR count). The molecule has 0 radical (unpaired) electrons. The molecule has 7 heteroatoms. The highest BCUT2D eigenvalue weighted by atomic mass is 32.1. The number of benzene rings is 2. The van der Waals surface area contributed by atoms with Crippen molar-refractivity contribution in [1.29, 1.82) is 0 Å². The van der Waals surface area contributed by atoms with Crippen LogP contribution in [0.25, 0.3) is 22.4 Å². The van der Waals surface area contributed by atoms with Gasteiger partial charge >= 0.3 is 0 Å². The van der Waals surface area contributed by atoms with Gasteiger partial charge in [0.15, 0.2) is 11.5 Å². The van der Waals surface area contributed by atoms with Crippen LogP contribution in [0.1, 0.15) is 34.5 Å². The van der Waals surface area contributed by atoms with Gasteiger partial charge in [-0.15, -0.1) is 11.3 Å². The van der Waals surface area contributed by atoms with Gasteiger partial charge in [-0.25, -0.2) is 14.4 Å². The predicted molar refractivity (Wildman–Crippen MR) is 119 cm³/mol.